The summed E-state index contributed by atoms with van der Waals surface area (Å²) >= 11 is 0. The summed E-state index contributed by atoms with van der Waals surface area (Å²) in [5.41, 5.74) is 1.04. The lowest BCUT2D eigenvalue weighted by molar-refractivity contribution is -0.120. The maximum atomic E-state index is 13.8. The van der Waals surface area contributed by atoms with E-state index < -0.39 is 35.7 Å². The Morgan fingerprint density at radius 3 is 2.13 bits per heavy atom. The molecule has 2 aromatic carbocycles. The van der Waals surface area contributed by atoms with Gasteiger partial charge in [0.1, 0.15) is 23.9 Å². The maximum Gasteiger partial charge on any atom is 0.244 e. The Morgan fingerprint density at radius 1 is 1.04 bits per heavy atom. The third-order valence-corrected chi connectivity index (χ3v) is 3.22. The fraction of sp³-hybridized carbons (Fsp3) is 0.176. The molecule has 0 atom stereocenters. The third-order valence-electron chi connectivity index (χ3n) is 3.22. The number of nitrogens with zero attached hydrogens (tertiary/aromatic N) is 1. The lowest BCUT2D eigenvalue weighted by atomic mass is 10.2. The van der Waals surface area contributed by atoms with E-state index >= 15 is 0 Å². The fourth-order valence-corrected chi connectivity index (χ4v) is 2.08. The van der Waals surface area contributed by atoms with E-state index in [4.69, 9.17) is 0 Å². The highest BCUT2D eigenvalue weighted by molar-refractivity contribution is 6.01. The first kappa shape index (κ1) is 16.6. The minimum Gasteiger partial charge on any atom is -0.325 e. The molecule has 0 aromatic heterocycles. The molecule has 0 saturated heterocycles. The number of nitrogens with one attached hydrogen (secondary N) is 1. The molecule has 4 nitrogen and oxygen atoms in total. The predicted molar refractivity (Wildman–Crippen MR) is 84.2 cm³/mol. The molecule has 23 heavy (non-hydrogen) atoms. The van der Waals surface area contributed by atoms with Crippen molar-refractivity contribution in [3.63, 3.8) is 0 Å². The van der Waals surface area contributed by atoms with Gasteiger partial charge in [0, 0.05) is 12.6 Å². The van der Waals surface area contributed by atoms with Gasteiger partial charge in [-0.05, 0) is 31.2 Å². The van der Waals surface area contributed by atoms with Crippen molar-refractivity contribution in [2.75, 3.05) is 16.8 Å². The van der Waals surface area contributed by atoms with Crippen molar-refractivity contribution < 1.29 is 18.4 Å². The van der Waals surface area contributed by atoms with Crippen LogP contribution in [0.3, 0.4) is 0 Å². The molecule has 0 fully saturated rings. The molecule has 1 N–H and O–H groups in total. The number of carbonyl (C=O) groups is 2. The van der Waals surface area contributed by atoms with Crippen molar-refractivity contribution in [2.45, 2.75) is 13.8 Å². The lowest BCUT2D eigenvalue weighted by Crippen LogP contribution is -2.37. The normalized spacial score (nSPS) is 10.3. The minimum atomic E-state index is -0.900. The monoisotopic (exact) mass is 318 g/mol. The average molecular weight is 318 g/mol. The van der Waals surface area contributed by atoms with E-state index in [-0.39, 0.29) is 0 Å². The SMILES string of the molecule is CC(=O)N(CC(=O)Nc1ccc(C)cc1)c1c(F)cccc1F. The molecule has 2 amide bonds. The van der Waals surface area contributed by atoms with E-state index in [1.165, 1.54) is 6.07 Å². The second kappa shape index (κ2) is 7.00. The molecule has 0 radical (unpaired) electrons. The van der Waals surface area contributed by atoms with Crippen LogP contribution in [0, 0.1) is 18.6 Å². The molecule has 2 rings (SSSR count). The lowest BCUT2D eigenvalue weighted by Gasteiger charge is -2.21. The molecule has 2 aromatic rings. The van der Waals surface area contributed by atoms with E-state index in [0.29, 0.717) is 5.69 Å². The van der Waals surface area contributed by atoms with E-state index in [2.05, 4.69) is 5.32 Å². The number of para-hydroxylation sites is 1. The summed E-state index contributed by atoms with van der Waals surface area (Å²) in [6.45, 7) is 2.57. The quantitative estimate of drug-likeness (QED) is 0.940. The number of carbonyl (C=O) groups excluding carboxylic acids is 2. The topological polar surface area (TPSA) is 49.4 Å². The van der Waals surface area contributed by atoms with Gasteiger partial charge in [0.2, 0.25) is 11.8 Å². The summed E-state index contributed by atoms with van der Waals surface area (Å²) in [5, 5.41) is 2.59. The highest BCUT2D eigenvalue weighted by Crippen LogP contribution is 2.23. The predicted octanol–water partition coefficient (Wildman–Crippen LogP) is 3.26. The second-order valence-electron chi connectivity index (χ2n) is 5.09. The average Bonchev–Trinajstić information content (AvgIpc) is 2.48. The van der Waals surface area contributed by atoms with Crippen molar-refractivity contribution in [3.05, 3.63) is 59.7 Å². The summed E-state index contributed by atoms with van der Waals surface area (Å²) < 4.78 is 27.6. The van der Waals surface area contributed by atoms with Crippen LogP contribution in [0.25, 0.3) is 0 Å². The van der Waals surface area contributed by atoms with Crippen LogP contribution in [0.4, 0.5) is 20.2 Å². The van der Waals surface area contributed by atoms with E-state index in [1.807, 2.05) is 19.1 Å². The smallest absolute Gasteiger partial charge is 0.244 e. The molecular weight excluding hydrogens is 302 g/mol. The molecule has 6 heteroatoms. The highest BCUT2D eigenvalue weighted by Gasteiger charge is 2.22. The fourth-order valence-electron chi connectivity index (χ4n) is 2.08. The second-order valence-corrected chi connectivity index (χ2v) is 5.09. The number of amides is 2. The number of anilines is 2. The van der Waals surface area contributed by atoms with Gasteiger partial charge in [0.05, 0.1) is 0 Å². The zero-order valence-electron chi connectivity index (χ0n) is 12.8. The molecule has 0 aliphatic rings. The van der Waals surface area contributed by atoms with Crippen molar-refractivity contribution in [1.82, 2.24) is 0 Å². The van der Waals surface area contributed by atoms with Crippen LogP contribution in [0.15, 0.2) is 42.5 Å². The van der Waals surface area contributed by atoms with Crippen molar-refractivity contribution >= 4 is 23.2 Å². The number of benzene rings is 2. The van der Waals surface area contributed by atoms with Gasteiger partial charge in [-0.25, -0.2) is 8.78 Å². The maximum absolute atomic E-state index is 13.8. The van der Waals surface area contributed by atoms with Crippen LogP contribution in [-0.2, 0) is 9.59 Å². The van der Waals surface area contributed by atoms with Gasteiger partial charge in [-0.1, -0.05) is 23.8 Å². The van der Waals surface area contributed by atoms with Crippen LogP contribution in [-0.4, -0.2) is 18.4 Å². The molecule has 0 spiro atoms. The zero-order chi connectivity index (χ0) is 17.0. The van der Waals surface area contributed by atoms with Crippen molar-refractivity contribution in [2.24, 2.45) is 0 Å². The highest BCUT2D eigenvalue weighted by atomic mass is 19.1. The summed E-state index contributed by atoms with van der Waals surface area (Å²) in [6, 6.07) is 10.3. The first-order valence-electron chi connectivity index (χ1n) is 6.97. The first-order valence-corrected chi connectivity index (χ1v) is 6.97. The molecule has 120 valence electrons. The van der Waals surface area contributed by atoms with Crippen LogP contribution < -0.4 is 10.2 Å². The molecule has 0 bridgehead atoms. The van der Waals surface area contributed by atoms with Gasteiger partial charge in [0.25, 0.3) is 0 Å². The number of aryl methyl sites for hydroxylation is 1. The van der Waals surface area contributed by atoms with E-state index in [9.17, 15) is 18.4 Å². The van der Waals surface area contributed by atoms with Crippen molar-refractivity contribution in [3.8, 4) is 0 Å². The Morgan fingerprint density at radius 2 is 1.61 bits per heavy atom. The number of halogens is 2. The third kappa shape index (κ3) is 4.12. The summed E-state index contributed by atoms with van der Waals surface area (Å²) in [4.78, 5) is 24.5. The van der Waals surface area contributed by atoms with E-state index in [0.717, 1.165) is 29.5 Å². The minimum absolute atomic E-state index is 0.485. The van der Waals surface area contributed by atoms with E-state index in [1.54, 1.807) is 12.1 Å². The molecule has 0 unspecified atom stereocenters. The van der Waals surface area contributed by atoms with Gasteiger partial charge >= 0.3 is 0 Å². The van der Waals surface area contributed by atoms with Crippen LogP contribution in [0.1, 0.15) is 12.5 Å². The van der Waals surface area contributed by atoms with Crippen LogP contribution >= 0.6 is 0 Å². The summed E-state index contributed by atoms with van der Waals surface area (Å²) in [6.07, 6.45) is 0. The van der Waals surface area contributed by atoms with Gasteiger partial charge in [-0.15, -0.1) is 0 Å². The Balaban J connectivity index is 2.18. The Bertz CT molecular complexity index is 710. The molecule has 0 aliphatic carbocycles. The van der Waals surface area contributed by atoms with Crippen LogP contribution in [0.2, 0.25) is 0 Å². The Hall–Kier alpha value is -2.76. The largest absolute Gasteiger partial charge is 0.325 e. The number of hydrogen-bond donors (Lipinski definition) is 1. The van der Waals surface area contributed by atoms with Gasteiger partial charge < -0.3 is 5.32 Å². The van der Waals surface area contributed by atoms with Gasteiger partial charge in [-0.3, -0.25) is 14.5 Å². The molecular formula is C17H16F2N2O2. The van der Waals surface area contributed by atoms with Gasteiger partial charge in [0.15, 0.2) is 0 Å². The number of rotatable bonds is 4. The Labute approximate surface area is 132 Å². The number of hydrogen-bond acceptors (Lipinski definition) is 2. The van der Waals surface area contributed by atoms with Crippen LogP contribution in [0.5, 0.6) is 0 Å². The first-order chi connectivity index (χ1) is 10.9. The zero-order valence-corrected chi connectivity index (χ0v) is 12.8. The van der Waals surface area contributed by atoms with Gasteiger partial charge in [-0.2, -0.15) is 0 Å². The molecule has 0 aliphatic heterocycles. The Kier molecular flexibility index (Phi) is 5.05. The van der Waals surface area contributed by atoms with Crippen molar-refractivity contribution in [1.29, 1.82) is 0 Å². The standard InChI is InChI=1S/C17H16F2N2O2/c1-11-6-8-13(9-7-11)20-16(23)10-21(12(2)22)17-14(18)4-3-5-15(17)19/h3-9H,10H2,1-2H3,(H,20,23). The molecule has 0 saturated carbocycles. The summed E-state index contributed by atoms with van der Waals surface area (Å²) in [5.74, 6) is -2.98. The molecule has 0 heterocycles. The summed E-state index contributed by atoms with van der Waals surface area (Å²) in [7, 11) is 0.